The van der Waals surface area contributed by atoms with Gasteiger partial charge in [0.05, 0.1) is 13.7 Å². The Morgan fingerprint density at radius 1 is 1.67 bits per heavy atom. The van der Waals surface area contributed by atoms with Gasteiger partial charge in [-0.2, -0.15) is 0 Å². The predicted molar refractivity (Wildman–Crippen MR) is 54.8 cm³/mol. The third-order valence-electron chi connectivity index (χ3n) is 1.98. The van der Waals surface area contributed by atoms with Crippen molar-refractivity contribution in [3.8, 4) is 5.88 Å². The molecule has 0 aliphatic rings. The van der Waals surface area contributed by atoms with Gasteiger partial charge in [0.1, 0.15) is 5.56 Å². The Hall–Kier alpha value is -1.62. The molecule has 1 amide bonds. The molecule has 0 bridgehead atoms. The topological polar surface area (TPSA) is 62.7 Å². The lowest BCUT2D eigenvalue weighted by Crippen LogP contribution is -2.29. The minimum absolute atomic E-state index is 0.0647. The largest absolute Gasteiger partial charge is 0.480 e. The highest BCUT2D eigenvalue weighted by Crippen LogP contribution is 2.15. The molecule has 1 aromatic rings. The zero-order valence-corrected chi connectivity index (χ0v) is 8.80. The number of carbonyl (C=O) groups excluding carboxylic acids is 1. The molecule has 1 rings (SSSR count). The molecule has 5 nitrogen and oxygen atoms in total. The van der Waals surface area contributed by atoms with Crippen LogP contribution >= 0.6 is 0 Å². The van der Waals surface area contributed by atoms with E-state index in [9.17, 15) is 4.79 Å². The number of nitrogens with zero attached hydrogens (tertiary/aromatic N) is 2. The summed E-state index contributed by atoms with van der Waals surface area (Å²) in [5.41, 5.74) is 0.399. The number of amides is 1. The number of aromatic nitrogens is 1. The predicted octanol–water partition coefficient (Wildman–Crippen LogP) is 0.154. The molecule has 1 aromatic heterocycles. The summed E-state index contributed by atoms with van der Waals surface area (Å²) in [5.74, 6) is 0.0845. The van der Waals surface area contributed by atoms with Crippen molar-refractivity contribution in [2.24, 2.45) is 0 Å². The van der Waals surface area contributed by atoms with Crippen LogP contribution in [0.3, 0.4) is 0 Å². The average Bonchev–Trinajstić information content (AvgIpc) is 2.28. The standard InChI is InChI=1S/C10H14N2O3/c1-12(6-7-13)10(14)8-4-3-5-11-9(8)15-2/h3-5,13H,6-7H2,1-2H3. The Labute approximate surface area is 88.3 Å². The minimum Gasteiger partial charge on any atom is -0.480 e. The second-order valence-electron chi connectivity index (χ2n) is 3.01. The van der Waals surface area contributed by atoms with E-state index in [1.54, 1.807) is 25.4 Å². The first-order valence-corrected chi connectivity index (χ1v) is 4.56. The number of rotatable bonds is 4. The first-order chi connectivity index (χ1) is 7.20. The monoisotopic (exact) mass is 210 g/mol. The van der Waals surface area contributed by atoms with Crippen molar-refractivity contribution in [1.82, 2.24) is 9.88 Å². The van der Waals surface area contributed by atoms with Gasteiger partial charge in [-0.15, -0.1) is 0 Å². The van der Waals surface area contributed by atoms with Gasteiger partial charge in [-0.3, -0.25) is 4.79 Å². The third kappa shape index (κ3) is 2.66. The van der Waals surface area contributed by atoms with E-state index >= 15 is 0 Å². The summed E-state index contributed by atoms with van der Waals surface area (Å²) in [6, 6.07) is 3.31. The Balaban J connectivity index is 2.90. The van der Waals surface area contributed by atoms with E-state index in [1.165, 1.54) is 12.0 Å². The fraction of sp³-hybridized carbons (Fsp3) is 0.400. The van der Waals surface area contributed by atoms with Crippen LogP contribution in [0.1, 0.15) is 10.4 Å². The van der Waals surface area contributed by atoms with Crippen LogP contribution in [-0.4, -0.2) is 48.2 Å². The molecule has 82 valence electrons. The maximum atomic E-state index is 11.8. The highest BCUT2D eigenvalue weighted by molar-refractivity contribution is 5.96. The van der Waals surface area contributed by atoms with E-state index in [0.29, 0.717) is 11.4 Å². The van der Waals surface area contributed by atoms with Crippen molar-refractivity contribution in [3.05, 3.63) is 23.9 Å². The first-order valence-electron chi connectivity index (χ1n) is 4.56. The molecule has 0 aliphatic carbocycles. The maximum absolute atomic E-state index is 11.8. The number of hydrogen-bond acceptors (Lipinski definition) is 4. The summed E-state index contributed by atoms with van der Waals surface area (Å²) in [6.45, 7) is 0.224. The van der Waals surface area contributed by atoms with Crippen LogP contribution in [-0.2, 0) is 0 Å². The lowest BCUT2D eigenvalue weighted by atomic mass is 10.2. The van der Waals surface area contributed by atoms with Crippen molar-refractivity contribution < 1.29 is 14.6 Å². The van der Waals surface area contributed by atoms with Crippen LogP contribution < -0.4 is 4.74 Å². The summed E-state index contributed by atoms with van der Waals surface area (Å²) in [6.07, 6.45) is 1.56. The number of aliphatic hydroxyl groups is 1. The number of hydrogen-bond donors (Lipinski definition) is 1. The lowest BCUT2D eigenvalue weighted by Gasteiger charge is -2.16. The minimum atomic E-state index is -0.214. The molecular formula is C10H14N2O3. The zero-order valence-electron chi connectivity index (χ0n) is 8.80. The lowest BCUT2D eigenvalue weighted by molar-refractivity contribution is 0.0763. The number of likely N-dealkylation sites (N-methyl/N-ethyl adjacent to an activating group) is 1. The zero-order chi connectivity index (χ0) is 11.3. The summed E-state index contributed by atoms with van der Waals surface area (Å²) < 4.78 is 4.97. The van der Waals surface area contributed by atoms with E-state index in [1.807, 2.05) is 0 Å². The Morgan fingerprint density at radius 2 is 2.40 bits per heavy atom. The molecular weight excluding hydrogens is 196 g/mol. The summed E-state index contributed by atoms with van der Waals surface area (Å²) >= 11 is 0. The van der Waals surface area contributed by atoms with Crippen LogP contribution in [0, 0.1) is 0 Å². The highest BCUT2D eigenvalue weighted by Gasteiger charge is 2.16. The molecule has 0 saturated carbocycles. The number of ether oxygens (including phenoxy) is 1. The molecule has 0 aromatic carbocycles. The molecule has 0 unspecified atom stereocenters. The summed E-state index contributed by atoms with van der Waals surface area (Å²) in [4.78, 5) is 17.2. The second kappa shape index (κ2) is 5.31. The van der Waals surface area contributed by atoms with Gasteiger partial charge in [0, 0.05) is 19.8 Å². The molecule has 1 N–H and O–H groups in total. The Kier molecular flexibility index (Phi) is 4.05. The van der Waals surface area contributed by atoms with Crippen LogP contribution in [0.4, 0.5) is 0 Å². The van der Waals surface area contributed by atoms with Gasteiger partial charge in [0.15, 0.2) is 0 Å². The van der Waals surface area contributed by atoms with Gasteiger partial charge >= 0.3 is 0 Å². The van der Waals surface area contributed by atoms with E-state index in [0.717, 1.165) is 0 Å². The Morgan fingerprint density at radius 3 is 3.00 bits per heavy atom. The first kappa shape index (κ1) is 11.5. The molecule has 0 spiro atoms. The van der Waals surface area contributed by atoms with Crippen molar-refractivity contribution in [1.29, 1.82) is 0 Å². The van der Waals surface area contributed by atoms with Crippen LogP contribution in [0.5, 0.6) is 5.88 Å². The van der Waals surface area contributed by atoms with Gasteiger partial charge in [0.25, 0.3) is 5.91 Å². The molecule has 0 saturated heterocycles. The molecule has 15 heavy (non-hydrogen) atoms. The number of pyridine rings is 1. The fourth-order valence-corrected chi connectivity index (χ4v) is 1.17. The van der Waals surface area contributed by atoms with Crippen molar-refractivity contribution in [3.63, 3.8) is 0 Å². The average molecular weight is 210 g/mol. The van der Waals surface area contributed by atoms with Gasteiger partial charge in [-0.25, -0.2) is 4.98 Å². The van der Waals surface area contributed by atoms with Gasteiger partial charge in [-0.1, -0.05) is 0 Å². The second-order valence-corrected chi connectivity index (χ2v) is 3.01. The third-order valence-corrected chi connectivity index (χ3v) is 1.98. The van der Waals surface area contributed by atoms with E-state index in [2.05, 4.69) is 4.98 Å². The van der Waals surface area contributed by atoms with Gasteiger partial charge < -0.3 is 14.7 Å². The molecule has 0 atom stereocenters. The van der Waals surface area contributed by atoms with Crippen LogP contribution in [0.25, 0.3) is 0 Å². The van der Waals surface area contributed by atoms with Crippen molar-refractivity contribution >= 4 is 5.91 Å². The maximum Gasteiger partial charge on any atom is 0.259 e. The highest BCUT2D eigenvalue weighted by atomic mass is 16.5. The number of carbonyl (C=O) groups is 1. The number of methoxy groups -OCH3 is 1. The molecule has 1 heterocycles. The quantitative estimate of drug-likeness (QED) is 0.768. The molecule has 5 heteroatoms. The molecule has 0 radical (unpaired) electrons. The SMILES string of the molecule is COc1ncccc1C(=O)N(C)CCO. The molecule has 0 fully saturated rings. The summed E-state index contributed by atoms with van der Waals surface area (Å²) in [5, 5.41) is 8.72. The smallest absolute Gasteiger partial charge is 0.259 e. The van der Waals surface area contributed by atoms with Crippen molar-refractivity contribution in [2.75, 3.05) is 27.3 Å². The summed E-state index contributed by atoms with van der Waals surface area (Å²) in [7, 11) is 3.08. The fourth-order valence-electron chi connectivity index (χ4n) is 1.17. The van der Waals surface area contributed by atoms with E-state index < -0.39 is 0 Å². The van der Waals surface area contributed by atoms with Gasteiger partial charge in [-0.05, 0) is 12.1 Å². The van der Waals surface area contributed by atoms with E-state index in [-0.39, 0.29) is 19.1 Å². The number of aliphatic hydroxyl groups excluding tert-OH is 1. The van der Waals surface area contributed by atoms with Crippen LogP contribution in [0.2, 0.25) is 0 Å². The Bertz CT molecular complexity index is 341. The molecule has 0 aliphatic heterocycles. The van der Waals surface area contributed by atoms with Crippen LogP contribution in [0.15, 0.2) is 18.3 Å². The normalized spacial score (nSPS) is 9.80. The van der Waals surface area contributed by atoms with Gasteiger partial charge in [0.2, 0.25) is 5.88 Å². The van der Waals surface area contributed by atoms with Crippen molar-refractivity contribution in [2.45, 2.75) is 0 Å². The van der Waals surface area contributed by atoms with E-state index in [4.69, 9.17) is 9.84 Å².